The van der Waals surface area contributed by atoms with Gasteiger partial charge in [-0.1, -0.05) is 19.3 Å². The highest BCUT2D eigenvalue weighted by molar-refractivity contribution is 5.82. The molecule has 0 bridgehead atoms. The number of aliphatic hydroxyl groups excluding tert-OH is 1. The largest absolute Gasteiger partial charge is 0.393 e. The van der Waals surface area contributed by atoms with Gasteiger partial charge < -0.3 is 15.7 Å². The molecule has 1 saturated heterocycles. The van der Waals surface area contributed by atoms with Crippen LogP contribution in [-0.4, -0.2) is 41.9 Å². The zero-order valence-electron chi connectivity index (χ0n) is 12.0. The Morgan fingerprint density at radius 1 is 1.10 bits per heavy atom. The fourth-order valence-corrected chi connectivity index (χ4v) is 3.10. The third-order valence-corrected chi connectivity index (χ3v) is 4.50. The lowest BCUT2D eigenvalue weighted by Gasteiger charge is -2.32. The summed E-state index contributed by atoms with van der Waals surface area (Å²) in [5, 5.41) is 15.4. The van der Waals surface area contributed by atoms with E-state index in [-0.39, 0.29) is 31.3 Å². The van der Waals surface area contributed by atoms with E-state index in [1.807, 2.05) is 0 Å². The molecule has 2 fully saturated rings. The minimum absolute atomic E-state index is 0.0260. The zero-order valence-corrected chi connectivity index (χ0v) is 12.0. The lowest BCUT2D eigenvalue weighted by Crippen LogP contribution is -2.54. The fourth-order valence-electron chi connectivity index (χ4n) is 3.10. The number of hydrogen-bond donors (Lipinski definition) is 3. The van der Waals surface area contributed by atoms with Gasteiger partial charge in [-0.15, -0.1) is 0 Å². The summed E-state index contributed by atoms with van der Waals surface area (Å²) in [6.07, 6.45) is -0.267. The molecule has 1 saturated carbocycles. The molecule has 2 aliphatic rings. The van der Waals surface area contributed by atoms with Gasteiger partial charge in [0.15, 0.2) is 0 Å². The third kappa shape index (κ3) is 4.57. The summed E-state index contributed by atoms with van der Waals surface area (Å²) in [7, 11) is 0. The van der Waals surface area contributed by atoms with Crippen molar-refractivity contribution in [2.24, 2.45) is 5.92 Å². The number of carbonyl (C=O) groups is 1. The number of aliphatic hydroxyl groups is 1. The first-order valence-electron chi connectivity index (χ1n) is 7.66. The van der Waals surface area contributed by atoms with Crippen LogP contribution in [0.4, 0.5) is 13.2 Å². The maximum Gasteiger partial charge on any atom is 0.393 e. The number of halogens is 3. The molecule has 122 valence electrons. The van der Waals surface area contributed by atoms with Crippen molar-refractivity contribution in [3.8, 4) is 0 Å². The summed E-state index contributed by atoms with van der Waals surface area (Å²) in [6.45, 7) is -0.213. The number of hydrogen-bond acceptors (Lipinski definition) is 3. The normalized spacial score (nSPS) is 35.0. The zero-order chi connectivity index (χ0) is 15.5. The number of rotatable bonds is 2. The number of piperidine rings is 1. The van der Waals surface area contributed by atoms with Crippen LogP contribution in [0.15, 0.2) is 0 Å². The van der Waals surface area contributed by atoms with Gasteiger partial charge in [-0.2, -0.15) is 13.2 Å². The van der Waals surface area contributed by atoms with Crippen LogP contribution in [0.2, 0.25) is 0 Å². The van der Waals surface area contributed by atoms with Crippen LogP contribution in [0.1, 0.15) is 44.9 Å². The highest BCUT2D eigenvalue weighted by Crippen LogP contribution is 2.32. The molecule has 1 aliphatic carbocycles. The highest BCUT2D eigenvalue weighted by atomic mass is 19.4. The predicted octanol–water partition coefficient (Wildman–Crippen LogP) is 1.73. The summed E-state index contributed by atoms with van der Waals surface area (Å²) in [5.74, 6) is -1.66. The number of carbonyl (C=O) groups excluding carboxylic acids is 1. The molecule has 1 aliphatic heterocycles. The summed E-state index contributed by atoms with van der Waals surface area (Å²) in [5.41, 5.74) is 0. The Balaban J connectivity index is 1.81. The molecular formula is C14H23F3N2O2. The molecule has 3 N–H and O–H groups in total. The first-order chi connectivity index (χ1) is 9.88. The molecule has 0 aromatic rings. The predicted molar refractivity (Wildman–Crippen MR) is 71.6 cm³/mol. The van der Waals surface area contributed by atoms with Gasteiger partial charge in [0.05, 0.1) is 24.1 Å². The summed E-state index contributed by atoms with van der Waals surface area (Å²) in [6, 6.07) is -0.860. The Bertz CT molecular complexity index is 355. The summed E-state index contributed by atoms with van der Waals surface area (Å²) in [4.78, 5) is 12.1. The molecule has 4 unspecified atom stereocenters. The number of nitrogens with one attached hydrogen (secondary N) is 2. The van der Waals surface area contributed by atoms with Crippen molar-refractivity contribution in [2.75, 3.05) is 6.54 Å². The molecule has 2 rings (SSSR count). The number of amides is 1. The second-order valence-electron chi connectivity index (χ2n) is 6.10. The standard InChI is InChI=1S/C14H23F3N2O2/c15-14(16,17)9-6-7-11(18-8-9)13(21)19-10-4-2-1-3-5-12(10)20/h9-12,18,20H,1-8H2,(H,19,21). The van der Waals surface area contributed by atoms with Crippen molar-refractivity contribution in [2.45, 2.75) is 69.3 Å². The summed E-state index contributed by atoms with van der Waals surface area (Å²) >= 11 is 0. The van der Waals surface area contributed by atoms with Gasteiger partial charge in [0, 0.05) is 6.54 Å². The molecule has 4 nitrogen and oxygen atoms in total. The molecule has 0 radical (unpaired) electrons. The second-order valence-corrected chi connectivity index (χ2v) is 6.10. The smallest absolute Gasteiger partial charge is 0.391 e. The molecule has 4 atom stereocenters. The van der Waals surface area contributed by atoms with Gasteiger partial charge in [0.1, 0.15) is 0 Å². The van der Waals surface area contributed by atoms with Gasteiger partial charge in [-0.05, 0) is 25.7 Å². The van der Waals surface area contributed by atoms with Crippen LogP contribution in [0.5, 0.6) is 0 Å². The lowest BCUT2D eigenvalue weighted by atomic mass is 9.93. The van der Waals surface area contributed by atoms with Crippen molar-refractivity contribution in [3.05, 3.63) is 0 Å². The van der Waals surface area contributed by atoms with Crippen molar-refractivity contribution in [1.29, 1.82) is 0 Å². The van der Waals surface area contributed by atoms with Gasteiger partial charge in [0.2, 0.25) is 5.91 Å². The van der Waals surface area contributed by atoms with E-state index in [1.54, 1.807) is 0 Å². The topological polar surface area (TPSA) is 61.4 Å². The summed E-state index contributed by atoms with van der Waals surface area (Å²) < 4.78 is 37.7. The van der Waals surface area contributed by atoms with E-state index in [2.05, 4.69) is 10.6 Å². The average Bonchev–Trinajstić information content (AvgIpc) is 2.63. The SMILES string of the molecule is O=C(NC1CCCCCC1O)C1CCC(C(F)(F)F)CN1. The lowest BCUT2D eigenvalue weighted by molar-refractivity contribution is -0.180. The van der Waals surface area contributed by atoms with E-state index in [4.69, 9.17) is 0 Å². The Morgan fingerprint density at radius 2 is 1.81 bits per heavy atom. The van der Waals surface area contributed by atoms with Gasteiger partial charge >= 0.3 is 6.18 Å². The highest BCUT2D eigenvalue weighted by Gasteiger charge is 2.42. The van der Waals surface area contributed by atoms with Crippen LogP contribution in [0, 0.1) is 5.92 Å². The van der Waals surface area contributed by atoms with E-state index < -0.39 is 24.2 Å². The van der Waals surface area contributed by atoms with Crippen molar-refractivity contribution in [1.82, 2.24) is 10.6 Å². The molecule has 0 aromatic heterocycles. The van der Waals surface area contributed by atoms with Crippen molar-refractivity contribution in [3.63, 3.8) is 0 Å². The Labute approximate surface area is 122 Å². The monoisotopic (exact) mass is 308 g/mol. The Morgan fingerprint density at radius 3 is 2.43 bits per heavy atom. The first-order valence-corrected chi connectivity index (χ1v) is 7.66. The van der Waals surface area contributed by atoms with E-state index in [9.17, 15) is 23.1 Å². The third-order valence-electron chi connectivity index (χ3n) is 4.50. The van der Waals surface area contributed by atoms with Gasteiger partial charge in [-0.25, -0.2) is 0 Å². The molecule has 0 spiro atoms. The maximum absolute atomic E-state index is 12.6. The molecule has 1 amide bonds. The molecule has 7 heteroatoms. The van der Waals surface area contributed by atoms with E-state index in [0.29, 0.717) is 6.42 Å². The van der Waals surface area contributed by atoms with Crippen LogP contribution < -0.4 is 10.6 Å². The van der Waals surface area contributed by atoms with Crippen LogP contribution >= 0.6 is 0 Å². The molecule has 0 aromatic carbocycles. The van der Waals surface area contributed by atoms with Crippen LogP contribution in [-0.2, 0) is 4.79 Å². The van der Waals surface area contributed by atoms with Crippen LogP contribution in [0.25, 0.3) is 0 Å². The van der Waals surface area contributed by atoms with E-state index in [0.717, 1.165) is 25.7 Å². The molecular weight excluding hydrogens is 285 g/mol. The van der Waals surface area contributed by atoms with Crippen molar-refractivity contribution < 1.29 is 23.1 Å². The van der Waals surface area contributed by atoms with Crippen molar-refractivity contribution >= 4 is 5.91 Å². The fraction of sp³-hybridized carbons (Fsp3) is 0.929. The molecule has 1 heterocycles. The van der Waals surface area contributed by atoms with Crippen LogP contribution in [0.3, 0.4) is 0 Å². The number of alkyl halides is 3. The average molecular weight is 308 g/mol. The van der Waals surface area contributed by atoms with E-state index in [1.165, 1.54) is 0 Å². The minimum Gasteiger partial charge on any atom is -0.391 e. The second kappa shape index (κ2) is 6.96. The Kier molecular flexibility index (Phi) is 5.48. The maximum atomic E-state index is 12.6. The van der Waals surface area contributed by atoms with Gasteiger partial charge in [0.25, 0.3) is 0 Å². The van der Waals surface area contributed by atoms with Gasteiger partial charge in [-0.3, -0.25) is 4.79 Å². The first kappa shape index (κ1) is 16.5. The molecule has 21 heavy (non-hydrogen) atoms. The minimum atomic E-state index is -4.20. The van der Waals surface area contributed by atoms with E-state index >= 15 is 0 Å². The quantitative estimate of drug-likeness (QED) is 0.681. The Hall–Kier alpha value is -0.820.